The molecule has 0 spiro atoms. The van der Waals surface area contributed by atoms with Gasteiger partial charge in [-0.25, -0.2) is 0 Å². The summed E-state index contributed by atoms with van der Waals surface area (Å²) in [6.45, 7) is 1.68. The lowest BCUT2D eigenvalue weighted by molar-refractivity contribution is -0.130. The fourth-order valence-corrected chi connectivity index (χ4v) is 4.65. The van der Waals surface area contributed by atoms with Crippen molar-refractivity contribution in [3.05, 3.63) is 0 Å². The lowest BCUT2D eigenvalue weighted by Crippen LogP contribution is -2.43. The molecule has 0 radical (unpaired) electrons. The number of likely N-dealkylation sites (N-methyl/N-ethyl adjacent to an activating group) is 1. The van der Waals surface area contributed by atoms with Crippen LogP contribution < -0.4 is 5.32 Å². The number of rotatable bonds is 7. The van der Waals surface area contributed by atoms with Crippen molar-refractivity contribution < 1.29 is 9.59 Å². The Kier molecular flexibility index (Phi) is 7.07. The van der Waals surface area contributed by atoms with E-state index in [2.05, 4.69) is 5.32 Å². The van der Waals surface area contributed by atoms with Gasteiger partial charge in [0.15, 0.2) is 5.78 Å². The second-order valence-electron chi connectivity index (χ2n) is 7.45. The minimum absolute atomic E-state index is 0.0350. The van der Waals surface area contributed by atoms with Crippen molar-refractivity contribution in [1.82, 2.24) is 5.32 Å². The molecule has 3 heteroatoms. The fraction of sp³-hybridized carbons (Fsp3) is 0.895. The Bertz CT molecular complexity index is 368. The molecule has 0 amide bonds. The molecule has 0 aromatic heterocycles. The Morgan fingerprint density at radius 2 is 1.41 bits per heavy atom. The van der Waals surface area contributed by atoms with Crippen molar-refractivity contribution in [2.45, 2.75) is 83.6 Å². The van der Waals surface area contributed by atoms with E-state index in [0.717, 1.165) is 25.7 Å². The zero-order valence-electron chi connectivity index (χ0n) is 14.4. The molecule has 22 heavy (non-hydrogen) atoms. The van der Waals surface area contributed by atoms with Crippen LogP contribution in [0.5, 0.6) is 0 Å². The molecule has 126 valence electrons. The first-order valence-corrected chi connectivity index (χ1v) is 9.34. The van der Waals surface area contributed by atoms with Crippen molar-refractivity contribution in [2.75, 3.05) is 7.05 Å². The van der Waals surface area contributed by atoms with Gasteiger partial charge >= 0.3 is 0 Å². The predicted molar refractivity (Wildman–Crippen MR) is 89.8 cm³/mol. The van der Waals surface area contributed by atoms with E-state index in [1.54, 1.807) is 6.92 Å². The van der Waals surface area contributed by atoms with Gasteiger partial charge in [0.05, 0.1) is 6.04 Å². The van der Waals surface area contributed by atoms with Gasteiger partial charge in [-0.3, -0.25) is 9.59 Å². The van der Waals surface area contributed by atoms with Crippen molar-refractivity contribution in [2.24, 2.45) is 17.8 Å². The standard InChI is InChI=1S/C19H33NO2/c1-14(21)17(15-9-5-3-6-10-15)13-18(22)19(20-2)16-11-7-4-8-12-16/h15-17,19-20H,3-13H2,1-2H3/t17-,19+/m0/s1. The van der Waals surface area contributed by atoms with Crippen LogP contribution in [0.4, 0.5) is 0 Å². The third-order valence-electron chi connectivity index (χ3n) is 5.94. The van der Waals surface area contributed by atoms with E-state index < -0.39 is 0 Å². The SMILES string of the molecule is CN[C@@H](C(=O)C[C@@H](C(C)=O)C1CCCCC1)C1CCCCC1. The Labute approximate surface area is 135 Å². The third kappa shape index (κ3) is 4.65. The number of ketones is 2. The monoisotopic (exact) mass is 307 g/mol. The van der Waals surface area contributed by atoms with E-state index in [1.165, 1.54) is 38.5 Å². The molecule has 0 aromatic rings. The fourth-order valence-electron chi connectivity index (χ4n) is 4.65. The first-order chi connectivity index (χ1) is 10.6. The number of carbonyl (C=O) groups is 2. The van der Waals surface area contributed by atoms with Crippen LogP contribution in [0.25, 0.3) is 0 Å². The first-order valence-electron chi connectivity index (χ1n) is 9.34. The molecule has 0 heterocycles. The van der Waals surface area contributed by atoms with Crippen LogP contribution in [0.3, 0.4) is 0 Å². The topological polar surface area (TPSA) is 46.2 Å². The molecule has 0 bridgehead atoms. The number of carbonyl (C=O) groups excluding carboxylic acids is 2. The van der Waals surface area contributed by atoms with E-state index in [-0.39, 0.29) is 23.5 Å². The van der Waals surface area contributed by atoms with Gasteiger partial charge in [-0.15, -0.1) is 0 Å². The number of nitrogens with one attached hydrogen (secondary N) is 1. The highest BCUT2D eigenvalue weighted by Gasteiger charge is 2.34. The molecule has 2 fully saturated rings. The van der Waals surface area contributed by atoms with Crippen molar-refractivity contribution >= 4 is 11.6 Å². The van der Waals surface area contributed by atoms with Crippen molar-refractivity contribution in [3.63, 3.8) is 0 Å². The summed E-state index contributed by atoms with van der Waals surface area (Å²) in [5.41, 5.74) is 0. The van der Waals surface area contributed by atoms with Crippen molar-refractivity contribution in [1.29, 1.82) is 0 Å². The molecule has 0 aliphatic heterocycles. The molecule has 0 aromatic carbocycles. The summed E-state index contributed by atoms with van der Waals surface area (Å²) >= 11 is 0. The lowest BCUT2D eigenvalue weighted by Gasteiger charge is -2.32. The average molecular weight is 307 g/mol. The second-order valence-corrected chi connectivity index (χ2v) is 7.45. The van der Waals surface area contributed by atoms with Crippen LogP contribution in [-0.4, -0.2) is 24.7 Å². The predicted octanol–water partition coefficient (Wildman–Crippen LogP) is 3.90. The van der Waals surface area contributed by atoms with Crippen LogP contribution in [0, 0.1) is 17.8 Å². The summed E-state index contributed by atoms with van der Waals surface area (Å²) in [4.78, 5) is 24.9. The smallest absolute Gasteiger partial charge is 0.150 e. The summed E-state index contributed by atoms with van der Waals surface area (Å²) in [7, 11) is 1.90. The number of Topliss-reactive ketones (excluding diaryl/α,β-unsaturated/α-hetero) is 2. The van der Waals surface area contributed by atoms with Gasteiger partial charge in [-0.2, -0.15) is 0 Å². The zero-order chi connectivity index (χ0) is 15.9. The lowest BCUT2D eigenvalue weighted by atomic mass is 9.74. The van der Waals surface area contributed by atoms with Crippen LogP contribution in [-0.2, 0) is 9.59 Å². The second kappa shape index (κ2) is 8.81. The zero-order valence-corrected chi connectivity index (χ0v) is 14.4. The molecule has 0 unspecified atom stereocenters. The van der Waals surface area contributed by atoms with Crippen LogP contribution in [0.1, 0.15) is 77.6 Å². The maximum Gasteiger partial charge on any atom is 0.150 e. The van der Waals surface area contributed by atoms with Crippen LogP contribution in [0.2, 0.25) is 0 Å². The maximum absolute atomic E-state index is 12.8. The van der Waals surface area contributed by atoms with Gasteiger partial charge in [0.25, 0.3) is 0 Å². The molecule has 2 aliphatic rings. The van der Waals surface area contributed by atoms with Gasteiger partial charge in [-0.1, -0.05) is 38.5 Å². The van der Waals surface area contributed by atoms with Crippen LogP contribution >= 0.6 is 0 Å². The molecular weight excluding hydrogens is 274 g/mol. The van der Waals surface area contributed by atoms with E-state index in [4.69, 9.17) is 0 Å². The number of hydrogen-bond donors (Lipinski definition) is 1. The molecule has 2 rings (SSSR count). The molecular formula is C19H33NO2. The molecule has 2 aliphatic carbocycles. The quantitative estimate of drug-likeness (QED) is 0.776. The Morgan fingerprint density at radius 3 is 1.86 bits per heavy atom. The van der Waals surface area contributed by atoms with E-state index >= 15 is 0 Å². The minimum atomic E-state index is -0.0364. The highest BCUT2D eigenvalue weighted by atomic mass is 16.1. The van der Waals surface area contributed by atoms with Gasteiger partial charge in [0, 0.05) is 12.3 Å². The summed E-state index contributed by atoms with van der Waals surface area (Å²) in [5, 5.41) is 3.26. The van der Waals surface area contributed by atoms with E-state index in [1.807, 2.05) is 7.05 Å². The third-order valence-corrected chi connectivity index (χ3v) is 5.94. The molecule has 3 nitrogen and oxygen atoms in total. The maximum atomic E-state index is 12.8. The summed E-state index contributed by atoms with van der Waals surface area (Å²) in [6, 6.07) is -0.0364. The average Bonchev–Trinajstić information content (AvgIpc) is 2.55. The van der Waals surface area contributed by atoms with Crippen molar-refractivity contribution in [3.8, 4) is 0 Å². The van der Waals surface area contributed by atoms with Gasteiger partial charge in [-0.05, 0) is 51.5 Å². The summed E-state index contributed by atoms with van der Waals surface area (Å²) < 4.78 is 0. The first kappa shape index (κ1) is 17.7. The van der Waals surface area contributed by atoms with Gasteiger partial charge < -0.3 is 5.32 Å². The summed E-state index contributed by atoms with van der Waals surface area (Å²) in [5.74, 6) is 1.38. The molecule has 1 N–H and O–H groups in total. The normalized spacial score (nSPS) is 23.9. The largest absolute Gasteiger partial charge is 0.310 e. The van der Waals surface area contributed by atoms with Gasteiger partial charge in [0.1, 0.15) is 5.78 Å². The Hall–Kier alpha value is -0.700. The summed E-state index contributed by atoms with van der Waals surface area (Å²) in [6.07, 6.45) is 12.6. The molecule has 0 saturated heterocycles. The minimum Gasteiger partial charge on any atom is -0.310 e. The molecule has 2 atom stereocenters. The Morgan fingerprint density at radius 1 is 0.909 bits per heavy atom. The van der Waals surface area contributed by atoms with E-state index in [9.17, 15) is 9.59 Å². The molecule has 2 saturated carbocycles. The Balaban J connectivity index is 1.97. The van der Waals surface area contributed by atoms with Crippen LogP contribution in [0.15, 0.2) is 0 Å². The highest BCUT2D eigenvalue weighted by Crippen LogP contribution is 2.34. The number of hydrogen-bond acceptors (Lipinski definition) is 3. The highest BCUT2D eigenvalue weighted by molar-refractivity contribution is 5.90. The van der Waals surface area contributed by atoms with E-state index in [0.29, 0.717) is 18.3 Å². The van der Waals surface area contributed by atoms with Gasteiger partial charge in [0.2, 0.25) is 0 Å².